The standard InChI is InChI=1S/C29H30N4O6/c1-17(28(34)31-10-11-32-12-14-38-15-13-32)39-18-4-6-22-21(16-18)19-8-9-30-25-20-5-7-23(36-2)27(37-3)24(20)29(35)33(22)26(19)25/h4-9,16-17H,10-15H2,1-3H3,(H,31,34)/t17-/m1/s1. The molecule has 1 fully saturated rings. The average molecular weight is 531 g/mol. The van der Waals surface area contributed by atoms with Crippen LogP contribution in [0.3, 0.4) is 0 Å². The summed E-state index contributed by atoms with van der Waals surface area (Å²) in [5, 5.41) is 5.76. The van der Waals surface area contributed by atoms with E-state index < -0.39 is 6.10 Å². The molecule has 2 aromatic carbocycles. The van der Waals surface area contributed by atoms with Crippen molar-refractivity contribution in [2.75, 3.05) is 53.6 Å². The zero-order valence-electron chi connectivity index (χ0n) is 22.2. The molecule has 0 spiro atoms. The zero-order valence-corrected chi connectivity index (χ0v) is 22.2. The van der Waals surface area contributed by atoms with Gasteiger partial charge < -0.3 is 24.3 Å². The van der Waals surface area contributed by atoms with Gasteiger partial charge in [-0.3, -0.25) is 23.9 Å². The predicted molar refractivity (Wildman–Crippen MR) is 149 cm³/mol. The van der Waals surface area contributed by atoms with Crippen LogP contribution < -0.4 is 25.1 Å². The topological polar surface area (TPSA) is 104 Å². The molecular weight excluding hydrogens is 500 g/mol. The minimum Gasteiger partial charge on any atom is -0.493 e. The van der Waals surface area contributed by atoms with Crippen LogP contribution in [0.25, 0.3) is 38.1 Å². The summed E-state index contributed by atoms with van der Waals surface area (Å²) in [6.45, 7) is 6.25. The van der Waals surface area contributed by atoms with Crippen LogP contribution >= 0.6 is 0 Å². The smallest absolute Gasteiger partial charge is 0.267 e. The number of nitrogens with zero attached hydrogens (tertiary/aromatic N) is 3. The molecule has 0 saturated carbocycles. The van der Waals surface area contributed by atoms with E-state index in [0.717, 1.165) is 54.7 Å². The number of pyridine rings is 2. The first-order valence-corrected chi connectivity index (χ1v) is 13.0. The van der Waals surface area contributed by atoms with Crippen LogP contribution in [-0.4, -0.2) is 79.9 Å². The number of methoxy groups -OCH3 is 2. The zero-order chi connectivity index (χ0) is 27.1. The average Bonchev–Trinajstić information content (AvgIpc) is 3.30. The SMILES string of the molecule is COc1ccc2c(c1OC)c(=O)n1c3ccc(O[C@H](C)C(=O)NCCN4CCOCC4)cc3c3ccnc2c31. The number of rotatable bonds is 8. The molecule has 4 heterocycles. The van der Waals surface area contributed by atoms with Crippen LogP contribution in [0.2, 0.25) is 0 Å². The van der Waals surface area contributed by atoms with Crippen molar-refractivity contribution in [2.24, 2.45) is 0 Å². The van der Waals surface area contributed by atoms with E-state index in [9.17, 15) is 9.59 Å². The predicted octanol–water partition coefficient (Wildman–Crippen LogP) is 2.82. The molecule has 3 aromatic heterocycles. The maximum absolute atomic E-state index is 13.9. The minimum absolute atomic E-state index is 0.179. The molecule has 6 rings (SSSR count). The van der Waals surface area contributed by atoms with Gasteiger partial charge in [0.25, 0.3) is 11.5 Å². The third-order valence-corrected chi connectivity index (χ3v) is 7.38. The first kappa shape index (κ1) is 25.1. The monoisotopic (exact) mass is 530 g/mol. The van der Waals surface area contributed by atoms with Crippen molar-refractivity contribution in [3.8, 4) is 17.2 Å². The van der Waals surface area contributed by atoms with Gasteiger partial charge in [0, 0.05) is 48.5 Å². The van der Waals surface area contributed by atoms with E-state index in [1.807, 2.05) is 24.3 Å². The van der Waals surface area contributed by atoms with Gasteiger partial charge in [-0.1, -0.05) is 0 Å². The van der Waals surface area contributed by atoms with Crippen molar-refractivity contribution in [3.63, 3.8) is 0 Å². The molecular formula is C29H30N4O6. The Bertz CT molecular complexity index is 1740. The van der Waals surface area contributed by atoms with Gasteiger partial charge in [0.05, 0.1) is 49.4 Å². The summed E-state index contributed by atoms with van der Waals surface area (Å²) >= 11 is 0. The van der Waals surface area contributed by atoms with Crippen molar-refractivity contribution in [2.45, 2.75) is 13.0 Å². The third-order valence-electron chi connectivity index (χ3n) is 7.38. The number of hydrogen-bond acceptors (Lipinski definition) is 8. The number of nitrogens with one attached hydrogen (secondary N) is 1. The Morgan fingerprint density at radius 1 is 1.08 bits per heavy atom. The lowest BCUT2D eigenvalue weighted by atomic mass is 10.1. The summed E-state index contributed by atoms with van der Waals surface area (Å²) < 4.78 is 24.1. The molecule has 0 aliphatic carbocycles. The molecule has 39 heavy (non-hydrogen) atoms. The van der Waals surface area contributed by atoms with E-state index in [2.05, 4.69) is 15.2 Å². The van der Waals surface area contributed by atoms with Gasteiger partial charge in [0.15, 0.2) is 17.6 Å². The van der Waals surface area contributed by atoms with E-state index in [1.54, 1.807) is 36.8 Å². The van der Waals surface area contributed by atoms with Gasteiger partial charge in [-0.25, -0.2) is 0 Å². The molecule has 1 aliphatic rings. The second-order valence-corrected chi connectivity index (χ2v) is 9.60. The normalized spacial score (nSPS) is 15.3. The fourth-order valence-corrected chi connectivity index (χ4v) is 5.44. The summed E-state index contributed by atoms with van der Waals surface area (Å²) in [5.41, 5.74) is 1.91. The molecule has 0 bridgehead atoms. The fraction of sp³-hybridized carbons (Fsp3) is 0.345. The summed E-state index contributed by atoms with van der Waals surface area (Å²) in [6, 6.07) is 11.0. The first-order chi connectivity index (χ1) is 19.0. The molecule has 10 nitrogen and oxygen atoms in total. The van der Waals surface area contributed by atoms with Crippen molar-refractivity contribution < 1.29 is 23.7 Å². The van der Waals surface area contributed by atoms with Gasteiger partial charge in [-0.2, -0.15) is 0 Å². The molecule has 10 heteroatoms. The van der Waals surface area contributed by atoms with Crippen molar-refractivity contribution >= 4 is 44.0 Å². The Balaban J connectivity index is 1.34. The van der Waals surface area contributed by atoms with Crippen LogP contribution in [0.4, 0.5) is 0 Å². The van der Waals surface area contributed by atoms with Gasteiger partial charge in [-0.05, 0) is 43.3 Å². The Hall–Kier alpha value is -4.15. The quantitative estimate of drug-likeness (QED) is 0.306. The number of carbonyl (C=O) groups is 1. The van der Waals surface area contributed by atoms with E-state index in [0.29, 0.717) is 40.1 Å². The Morgan fingerprint density at radius 2 is 1.90 bits per heavy atom. The van der Waals surface area contributed by atoms with Crippen molar-refractivity contribution in [1.82, 2.24) is 19.6 Å². The highest BCUT2D eigenvalue weighted by Crippen LogP contribution is 2.39. The molecule has 202 valence electrons. The van der Waals surface area contributed by atoms with Crippen LogP contribution in [0.15, 0.2) is 47.4 Å². The third kappa shape index (κ3) is 4.25. The minimum atomic E-state index is -0.684. The van der Waals surface area contributed by atoms with E-state index in [1.165, 1.54) is 7.11 Å². The molecule has 1 saturated heterocycles. The maximum Gasteiger partial charge on any atom is 0.267 e. The van der Waals surface area contributed by atoms with Crippen molar-refractivity contribution in [3.05, 3.63) is 52.9 Å². The number of fused-ring (bicyclic) bond motifs is 5. The Kier molecular flexibility index (Phi) is 6.58. The number of morpholine rings is 1. The molecule has 1 atom stereocenters. The highest BCUT2D eigenvalue weighted by Gasteiger charge is 2.23. The van der Waals surface area contributed by atoms with Crippen LogP contribution in [0.1, 0.15) is 6.92 Å². The van der Waals surface area contributed by atoms with Crippen molar-refractivity contribution in [1.29, 1.82) is 0 Å². The Morgan fingerprint density at radius 3 is 2.67 bits per heavy atom. The number of carbonyl (C=O) groups excluding carboxylic acids is 1. The lowest BCUT2D eigenvalue weighted by molar-refractivity contribution is -0.127. The van der Waals surface area contributed by atoms with Crippen LogP contribution in [-0.2, 0) is 9.53 Å². The highest BCUT2D eigenvalue weighted by molar-refractivity contribution is 6.19. The number of ether oxygens (including phenoxy) is 4. The second-order valence-electron chi connectivity index (χ2n) is 9.60. The maximum atomic E-state index is 13.9. The second kappa shape index (κ2) is 10.2. The number of benzene rings is 2. The molecule has 1 N–H and O–H groups in total. The molecule has 0 unspecified atom stereocenters. The van der Waals surface area contributed by atoms with E-state index in [-0.39, 0.29) is 11.5 Å². The summed E-state index contributed by atoms with van der Waals surface area (Å²) in [4.78, 5) is 33.5. The fourth-order valence-electron chi connectivity index (χ4n) is 5.44. The van der Waals surface area contributed by atoms with Crippen LogP contribution in [0, 0.1) is 0 Å². The van der Waals surface area contributed by atoms with Crippen LogP contribution in [0.5, 0.6) is 17.2 Å². The molecule has 5 aromatic rings. The van der Waals surface area contributed by atoms with Gasteiger partial charge in [0.2, 0.25) is 0 Å². The lowest BCUT2D eigenvalue weighted by Gasteiger charge is -2.26. The lowest BCUT2D eigenvalue weighted by Crippen LogP contribution is -2.43. The van der Waals surface area contributed by atoms with Gasteiger partial charge in [-0.15, -0.1) is 0 Å². The Labute approximate surface area is 224 Å². The van der Waals surface area contributed by atoms with Gasteiger partial charge in [0.1, 0.15) is 5.75 Å². The largest absolute Gasteiger partial charge is 0.493 e. The highest BCUT2D eigenvalue weighted by atomic mass is 16.5. The summed E-state index contributed by atoms with van der Waals surface area (Å²) in [5.74, 6) is 1.21. The van der Waals surface area contributed by atoms with Gasteiger partial charge >= 0.3 is 0 Å². The van der Waals surface area contributed by atoms with E-state index in [4.69, 9.17) is 18.9 Å². The number of hydrogen-bond donors (Lipinski definition) is 1. The van der Waals surface area contributed by atoms with E-state index >= 15 is 0 Å². The molecule has 1 amide bonds. The molecule has 0 radical (unpaired) electrons. The first-order valence-electron chi connectivity index (χ1n) is 13.0. The molecule has 1 aliphatic heterocycles. The summed E-state index contributed by atoms with van der Waals surface area (Å²) in [6.07, 6.45) is 1.05. The number of amides is 1. The summed E-state index contributed by atoms with van der Waals surface area (Å²) in [7, 11) is 3.06. The number of aromatic nitrogens is 2.